The second-order valence-corrected chi connectivity index (χ2v) is 8.71. The van der Waals surface area contributed by atoms with Crippen molar-refractivity contribution in [3.63, 3.8) is 0 Å². The van der Waals surface area contributed by atoms with Crippen molar-refractivity contribution in [3.05, 3.63) is 88.0 Å². The number of nitrogens with zero attached hydrogens (tertiary/aromatic N) is 1. The molecule has 9 heteroatoms. The van der Waals surface area contributed by atoms with Gasteiger partial charge in [-0.05, 0) is 47.4 Å². The van der Waals surface area contributed by atoms with Crippen molar-refractivity contribution in [2.24, 2.45) is 0 Å². The Hall–Kier alpha value is -3.81. The topological polar surface area (TPSA) is 104 Å². The van der Waals surface area contributed by atoms with Crippen LogP contribution in [0.25, 0.3) is 22.3 Å². The Balaban J connectivity index is 1.40. The van der Waals surface area contributed by atoms with Crippen molar-refractivity contribution in [3.8, 4) is 28.1 Å². The van der Waals surface area contributed by atoms with E-state index < -0.39 is 11.9 Å². The van der Waals surface area contributed by atoms with Crippen LogP contribution in [0.1, 0.15) is 11.1 Å². The molecule has 4 aromatic rings. The van der Waals surface area contributed by atoms with Gasteiger partial charge in [0.25, 0.3) is 5.91 Å². The molecule has 0 atom stereocenters. The van der Waals surface area contributed by atoms with Crippen molar-refractivity contribution >= 4 is 40.8 Å². The zero-order valence-corrected chi connectivity index (χ0v) is 20.2. The van der Waals surface area contributed by atoms with E-state index >= 15 is 0 Å². The van der Waals surface area contributed by atoms with Gasteiger partial charge in [-0.2, -0.15) is 5.10 Å². The molecule has 0 radical (unpaired) electrons. The molecule has 3 aromatic carbocycles. The molecule has 35 heavy (non-hydrogen) atoms. The van der Waals surface area contributed by atoms with Crippen LogP contribution in [0.5, 0.6) is 5.88 Å². The third-order valence-corrected chi connectivity index (χ3v) is 5.88. The van der Waals surface area contributed by atoms with Gasteiger partial charge in [-0.15, -0.1) is 0 Å². The van der Waals surface area contributed by atoms with Gasteiger partial charge < -0.3 is 15.2 Å². The number of halogens is 2. The Morgan fingerprint density at radius 3 is 2.40 bits per heavy atom. The van der Waals surface area contributed by atoms with Crippen LogP contribution in [0.2, 0.25) is 10.0 Å². The minimum absolute atomic E-state index is 0.0355. The molecule has 0 bridgehead atoms. The second-order valence-electron chi connectivity index (χ2n) is 7.90. The lowest BCUT2D eigenvalue weighted by Gasteiger charge is -2.11. The van der Waals surface area contributed by atoms with Crippen LogP contribution in [0.15, 0.2) is 66.9 Å². The van der Waals surface area contributed by atoms with Crippen molar-refractivity contribution in [1.29, 1.82) is 0 Å². The van der Waals surface area contributed by atoms with Gasteiger partial charge in [-0.3, -0.25) is 9.59 Å². The molecule has 1 amide bonds. The highest BCUT2D eigenvalue weighted by atomic mass is 35.5. The highest BCUT2D eigenvalue weighted by molar-refractivity contribution is 6.34. The van der Waals surface area contributed by atoms with Crippen molar-refractivity contribution < 1.29 is 19.4 Å². The number of ether oxygens (including phenoxy) is 1. The molecule has 0 saturated heterocycles. The molecule has 1 heterocycles. The fourth-order valence-electron chi connectivity index (χ4n) is 3.52. The molecule has 0 aliphatic carbocycles. The molecule has 0 saturated carbocycles. The molecule has 0 aliphatic rings. The number of benzene rings is 3. The molecule has 0 fully saturated rings. The maximum Gasteiger partial charge on any atom is 0.307 e. The molecular formula is C26H21Cl2N3O4. The summed E-state index contributed by atoms with van der Waals surface area (Å²) in [5.74, 6) is -0.945. The minimum Gasteiger partial charge on any atom is -0.481 e. The number of aliphatic carboxylic acids is 1. The number of amides is 1. The van der Waals surface area contributed by atoms with Gasteiger partial charge in [0, 0.05) is 10.6 Å². The summed E-state index contributed by atoms with van der Waals surface area (Å²) < 4.78 is 5.65. The van der Waals surface area contributed by atoms with Crippen LogP contribution in [-0.4, -0.2) is 33.8 Å². The molecule has 178 valence electrons. The van der Waals surface area contributed by atoms with E-state index in [0.717, 1.165) is 22.3 Å². The quantitative estimate of drug-likeness (QED) is 0.270. The number of carbonyl (C=O) groups excluding carboxylic acids is 1. The highest BCUT2D eigenvalue weighted by Crippen LogP contribution is 2.34. The predicted octanol–water partition coefficient (Wildman–Crippen LogP) is 6.00. The average Bonchev–Trinajstić information content (AvgIpc) is 3.27. The van der Waals surface area contributed by atoms with Gasteiger partial charge in [0.05, 0.1) is 28.9 Å². The molecule has 0 spiro atoms. The summed E-state index contributed by atoms with van der Waals surface area (Å²) in [5.41, 5.74) is 5.30. The SMILES string of the molecule is Cc1ccc(-c2cn[nH]c2OCC(=O)Nc2ccc(-c3ccc(CC(=O)O)cc3)cc2Cl)c(Cl)c1. The number of aromatic nitrogens is 2. The first-order valence-electron chi connectivity index (χ1n) is 10.6. The van der Waals surface area contributed by atoms with Crippen LogP contribution in [0.3, 0.4) is 0 Å². The Morgan fingerprint density at radius 1 is 0.971 bits per heavy atom. The van der Waals surface area contributed by atoms with Gasteiger partial charge in [0.2, 0.25) is 5.88 Å². The van der Waals surface area contributed by atoms with E-state index in [4.69, 9.17) is 33.0 Å². The van der Waals surface area contributed by atoms with E-state index in [2.05, 4.69) is 15.5 Å². The maximum absolute atomic E-state index is 12.5. The first-order valence-corrected chi connectivity index (χ1v) is 11.4. The van der Waals surface area contributed by atoms with Crippen molar-refractivity contribution in [2.45, 2.75) is 13.3 Å². The maximum atomic E-state index is 12.5. The zero-order chi connectivity index (χ0) is 24.9. The first kappa shape index (κ1) is 24.3. The summed E-state index contributed by atoms with van der Waals surface area (Å²) >= 11 is 12.7. The molecule has 7 nitrogen and oxygen atoms in total. The fourth-order valence-corrected chi connectivity index (χ4v) is 4.09. The van der Waals surface area contributed by atoms with E-state index in [0.29, 0.717) is 32.7 Å². The summed E-state index contributed by atoms with van der Waals surface area (Å²) in [6.07, 6.45) is 1.56. The number of rotatable bonds is 8. The Labute approximate surface area is 211 Å². The fraction of sp³-hybridized carbons (Fsp3) is 0.115. The lowest BCUT2D eigenvalue weighted by molar-refractivity contribution is -0.136. The molecule has 4 rings (SSSR count). The lowest BCUT2D eigenvalue weighted by Crippen LogP contribution is -2.20. The number of aromatic amines is 1. The minimum atomic E-state index is -0.882. The largest absolute Gasteiger partial charge is 0.481 e. The molecule has 3 N–H and O–H groups in total. The van der Waals surface area contributed by atoms with Gasteiger partial charge in [-0.1, -0.05) is 65.7 Å². The van der Waals surface area contributed by atoms with Gasteiger partial charge in [0.1, 0.15) is 0 Å². The molecule has 0 unspecified atom stereocenters. The number of hydrogen-bond donors (Lipinski definition) is 3. The summed E-state index contributed by atoms with van der Waals surface area (Å²) in [4.78, 5) is 23.3. The summed E-state index contributed by atoms with van der Waals surface area (Å²) in [6, 6.07) is 18.1. The third kappa shape index (κ3) is 6.01. The van der Waals surface area contributed by atoms with Crippen molar-refractivity contribution in [1.82, 2.24) is 10.2 Å². The lowest BCUT2D eigenvalue weighted by atomic mass is 10.0. The van der Waals surface area contributed by atoms with E-state index in [9.17, 15) is 9.59 Å². The normalized spacial score (nSPS) is 10.7. The summed E-state index contributed by atoms with van der Waals surface area (Å²) in [5, 5.41) is 19.3. The van der Waals surface area contributed by atoms with Crippen LogP contribution in [-0.2, 0) is 16.0 Å². The van der Waals surface area contributed by atoms with E-state index in [-0.39, 0.29) is 13.0 Å². The van der Waals surface area contributed by atoms with Crippen LogP contribution in [0.4, 0.5) is 5.69 Å². The standard InChI is InChI=1S/C26H21Cl2N3O4/c1-15-2-8-19(21(27)10-15)20-13-29-31-26(20)35-14-24(32)30-23-9-7-18(12-22(23)28)17-5-3-16(4-6-17)11-25(33)34/h2-10,12-13H,11,14H2,1H3,(H,29,31)(H,30,32)(H,33,34). The zero-order valence-electron chi connectivity index (χ0n) is 18.6. The number of carbonyl (C=O) groups is 2. The number of carboxylic acids is 1. The Morgan fingerprint density at radius 2 is 1.71 bits per heavy atom. The number of aryl methyl sites for hydroxylation is 1. The number of hydrogen-bond acceptors (Lipinski definition) is 4. The molecule has 0 aliphatic heterocycles. The predicted molar refractivity (Wildman–Crippen MR) is 136 cm³/mol. The van der Waals surface area contributed by atoms with Gasteiger partial charge in [-0.25, -0.2) is 5.10 Å². The van der Waals surface area contributed by atoms with Gasteiger partial charge >= 0.3 is 5.97 Å². The average molecular weight is 510 g/mol. The smallest absolute Gasteiger partial charge is 0.307 e. The summed E-state index contributed by atoms with van der Waals surface area (Å²) in [7, 11) is 0. The Kier molecular flexibility index (Phi) is 7.39. The summed E-state index contributed by atoms with van der Waals surface area (Å²) in [6.45, 7) is 1.68. The van der Waals surface area contributed by atoms with Crippen molar-refractivity contribution in [2.75, 3.05) is 11.9 Å². The van der Waals surface area contributed by atoms with E-state index in [1.54, 1.807) is 30.5 Å². The molecule has 1 aromatic heterocycles. The number of H-pyrrole nitrogens is 1. The van der Waals surface area contributed by atoms with Gasteiger partial charge in [0.15, 0.2) is 6.61 Å². The Bertz CT molecular complexity index is 1380. The third-order valence-electron chi connectivity index (χ3n) is 5.25. The van der Waals surface area contributed by atoms with Crippen LogP contribution >= 0.6 is 23.2 Å². The van der Waals surface area contributed by atoms with E-state index in [1.807, 2.05) is 43.3 Å². The number of nitrogens with one attached hydrogen (secondary N) is 2. The molecular weight excluding hydrogens is 489 g/mol. The first-order chi connectivity index (χ1) is 16.8. The highest BCUT2D eigenvalue weighted by Gasteiger charge is 2.15. The second kappa shape index (κ2) is 10.6. The van der Waals surface area contributed by atoms with Crippen LogP contribution in [0, 0.1) is 6.92 Å². The monoisotopic (exact) mass is 509 g/mol. The van der Waals surface area contributed by atoms with Crippen LogP contribution < -0.4 is 10.1 Å². The number of carboxylic acid groups (broad SMARTS) is 1. The van der Waals surface area contributed by atoms with E-state index in [1.165, 1.54) is 0 Å². The number of anilines is 1.